The van der Waals surface area contributed by atoms with E-state index in [0.717, 1.165) is 5.57 Å². The Labute approximate surface area is 175 Å². The third kappa shape index (κ3) is 7.26. The minimum atomic E-state index is -0.194. The lowest BCUT2D eigenvalue weighted by molar-refractivity contribution is -0.111. The van der Waals surface area contributed by atoms with Crippen LogP contribution in [0.3, 0.4) is 0 Å². The summed E-state index contributed by atoms with van der Waals surface area (Å²) in [6.07, 6.45) is 15.6. The molecule has 0 bridgehead atoms. The highest BCUT2D eigenvalue weighted by Gasteiger charge is 2.26. The average molecular weight is 392 g/mol. The largest absolute Gasteiger partial charge is 0.508 e. The molecule has 3 heteroatoms. The molecule has 1 aliphatic rings. The maximum absolute atomic E-state index is 12.1. The molecule has 154 valence electrons. The van der Waals surface area contributed by atoms with Crippen molar-refractivity contribution in [1.82, 2.24) is 0 Å². The van der Waals surface area contributed by atoms with Crippen molar-refractivity contribution in [1.29, 1.82) is 0 Å². The maximum Gasteiger partial charge on any atom is 0.248 e. The van der Waals surface area contributed by atoms with E-state index in [1.54, 1.807) is 30.3 Å². The molecule has 29 heavy (non-hydrogen) atoms. The molecule has 0 saturated heterocycles. The fourth-order valence-electron chi connectivity index (χ4n) is 3.61. The van der Waals surface area contributed by atoms with Crippen LogP contribution in [-0.2, 0) is 4.79 Å². The molecule has 2 N–H and O–H groups in total. The van der Waals surface area contributed by atoms with Gasteiger partial charge >= 0.3 is 0 Å². The van der Waals surface area contributed by atoms with Crippen molar-refractivity contribution in [3.05, 3.63) is 83.0 Å². The molecule has 0 spiro atoms. The lowest BCUT2D eigenvalue weighted by Crippen LogP contribution is -2.19. The monoisotopic (exact) mass is 391 g/mol. The Kier molecular flexibility index (Phi) is 7.83. The van der Waals surface area contributed by atoms with Crippen molar-refractivity contribution in [2.24, 2.45) is 5.41 Å². The Morgan fingerprint density at radius 3 is 2.45 bits per heavy atom. The first-order chi connectivity index (χ1) is 13.7. The zero-order valence-corrected chi connectivity index (χ0v) is 18.3. The van der Waals surface area contributed by atoms with Crippen LogP contribution in [0.5, 0.6) is 5.75 Å². The predicted molar refractivity (Wildman–Crippen MR) is 123 cm³/mol. The molecule has 0 atom stereocenters. The van der Waals surface area contributed by atoms with Gasteiger partial charge in [-0.3, -0.25) is 4.79 Å². The number of rotatable bonds is 6. The number of nitrogens with one attached hydrogen (secondary N) is 1. The fourth-order valence-corrected chi connectivity index (χ4v) is 3.61. The molecule has 0 aromatic heterocycles. The number of anilines is 1. The van der Waals surface area contributed by atoms with Gasteiger partial charge in [-0.1, -0.05) is 55.4 Å². The summed E-state index contributed by atoms with van der Waals surface area (Å²) in [5, 5.41) is 12.1. The Bertz CT molecular complexity index is 878. The predicted octanol–water partition coefficient (Wildman–Crippen LogP) is 6.86. The number of aromatic hydroxyl groups is 1. The second kappa shape index (κ2) is 10.1. The van der Waals surface area contributed by atoms with E-state index in [2.05, 4.69) is 51.2 Å². The van der Waals surface area contributed by atoms with Gasteiger partial charge in [0, 0.05) is 11.8 Å². The highest BCUT2D eigenvalue weighted by Crippen LogP contribution is 2.40. The number of carbonyl (C=O) groups is 1. The molecule has 0 heterocycles. The summed E-state index contributed by atoms with van der Waals surface area (Å²) in [5.41, 5.74) is 5.89. The molecular formula is C26H33NO2. The van der Waals surface area contributed by atoms with Gasteiger partial charge in [-0.25, -0.2) is 0 Å². The van der Waals surface area contributed by atoms with Gasteiger partial charge < -0.3 is 10.4 Å². The van der Waals surface area contributed by atoms with Crippen LogP contribution in [0.25, 0.3) is 0 Å². The standard InChI is InChI=1S/C26H33NO2/c1-19(11-16-24-21(3)10-7-17-26(24,4)5)8-6-9-20(2)18-25(29)27-22-12-14-23(28)15-13-22/h6,8-9,11-16,18,28H,7,10,17H2,1-5H3,(H,27,29)/b9-6+,16-11-,19-8+,20-18+. The topological polar surface area (TPSA) is 49.3 Å². The summed E-state index contributed by atoms with van der Waals surface area (Å²) in [5.74, 6) is -0.0206. The number of hydrogen-bond donors (Lipinski definition) is 2. The number of benzene rings is 1. The summed E-state index contributed by atoms with van der Waals surface area (Å²) in [4.78, 5) is 12.1. The second-order valence-electron chi connectivity index (χ2n) is 8.46. The summed E-state index contributed by atoms with van der Waals surface area (Å²) in [6, 6.07) is 6.41. The van der Waals surface area contributed by atoms with Gasteiger partial charge in [0.1, 0.15) is 5.75 Å². The quantitative estimate of drug-likeness (QED) is 0.316. The first kappa shape index (κ1) is 22.5. The van der Waals surface area contributed by atoms with Gasteiger partial charge in [-0.15, -0.1) is 0 Å². The van der Waals surface area contributed by atoms with Crippen LogP contribution in [0.15, 0.2) is 83.0 Å². The van der Waals surface area contributed by atoms with Crippen LogP contribution in [0, 0.1) is 5.41 Å². The zero-order chi connectivity index (χ0) is 21.4. The Morgan fingerprint density at radius 2 is 1.79 bits per heavy atom. The fraction of sp³-hybridized carbons (Fsp3) is 0.346. The Hall–Kier alpha value is -2.81. The van der Waals surface area contributed by atoms with Gasteiger partial charge in [-0.2, -0.15) is 0 Å². The van der Waals surface area contributed by atoms with Gasteiger partial charge in [0.25, 0.3) is 0 Å². The van der Waals surface area contributed by atoms with Crippen molar-refractivity contribution < 1.29 is 9.90 Å². The van der Waals surface area contributed by atoms with Gasteiger partial charge in [0.15, 0.2) is 0 Å². The lowest BCUT2D eigenvalue weighted by Gasteiger charge is -2.32. The summed E-state index contributed by atoms with van der Waals surface area (Å²) in [7, 11) is 0. The van der Waals surface area contributed by atoms with E-state index in [9.17, 15) is 9.90 Å². The SMILES string of the molecule is CC1=C(\C=C/C(C)=C/C=C/C(C)=C/C(=O)Nc2ccc(O)cc2)C(C)(C)CCC1. The van der Waals surface area contributed by atoms with E-state index < -0.39 is 0 Å². The van der Waals surface area contributed by atoms with Crippen molar-refractivity contribution in [2.75, 3.05) is 5.32 Å². The van der Waals surface area contributed by atoms with Crippen molar-refractivity contribution in [3.63, 3.8) is 0 Å². The van der Waals surface area contributed by atoms with Crippen LogP contribution >= 0.6 is 0 Å². The highest BCUT2D eigenvalue weighted by atomic mass is 16.3. The molecule has 2 rings (SSSR count). The highest BCUT2D eigenvalue weighted by molar-refractivity contribution is 5.99. The third-order valence-electron chi connectivity index (χ3n) is 5.27. The molecule has 1 aromatic rings. The van der Waals surface area contributed by atoms with E-state index in [0.29, 0.717) is 5.69 Å². The Morgan fingerprint density at radius 1 is 1.10 bits per heavy atom. The van der Waals surface area contributed by atoms with E-state index in [1.807, 2.05) is 19.1 Å². The minimum Gasteiger partial charge on any atom is -0.508 e. The lowest BCUT2D eigenvalue weighted by atomic mass is 9.72. The molecular weight excluding hydrogens is 358 g/mol. The van der Waals surface area contributed by atoms with Crippen molar-refractivity contribution in [2.45, 2.75) is 53.9 Å². The van der Waals surface area contributed by atoms with Crippen molar-refractivity contribution in [3.8, 4) is 5.75 Å². The summed E-state index contributed by atoms with van der Waals surface area (Å²) in [6.45, 7) is 10.9. The molecule has 0 fully saturated rings. The van der Waals surface area contributed by atoms with Crippen LogP contribution in [0.2, 0.25) is 0 Å². The molecule has 1 amide bonds. The molecule has 0 unspecified atom stereocenters. The minimum absolute atomic E-state index is 0.173. The van der Waals surface area contributed by atoms with Gasteiger partial charge in [0.05, 0.1) is 0 Å². The Balaban J connectivity index is 1.95. The first-order valence-electron chi connectivity index (χ1n) is 10.2. The van der Waals surface area contributed by atoms with Gasteiger partial charge in [0.2, 0.25) is 5.91 Å². The van der Waals surface area contributed by atoms with Crippen LogP contribution in [0.1, 0.15) is 53.9 Å². The van der Waals surface area contributed by atoms with Crippen LogP contribution in [0.4, 0.5) is 5.69 Å². The molecule has 1 aromatic carbocycles. The number of phenols is 1. The first-order valence-corrected chi connectivity index (χ1v) is 10.2. The number of amides is 1. The van der Waals surface area contributed by atoms with Crippen molar-refractivity contribution >= 4 is 11.6 Å². The molecule has 0 aliphatic heterocycles. The van der Waals surface area contributed by atoms with E-state index in [4.69, 9.17) is 0 Å². The van der Waals surface area contributed by atoms with E-state index >= 15 is 0 Å². The molecule has 0 saturated carbocycles. The van der Waals surface area contributed by atoms with Crippen LogP contribution < -0.4 is 5.32 Å². The summed E-state index contributed by atoms with van der Waals surface area (Å²) >= 11 is 0. The summed E-state index contributed by atoms with van der Waals surface area (Å²) < 4.78 is 0. The zero-order valence-electron chi connectivity index (χ0n) is 18.3. The maximum atomic E-state index is 12.1. The molecule has 1 aliphatic carbocycles. The molecule has 0 radical (unpaired) electrons. The molecule has 3 nitrogen and oxygen atoms in total. The van der Waals surface area contributed by atoms with E-state index in [-0.39, 0.29) is 17.1 Å². The smallest absolute Gasteiger partial charge is 0.248 e. The van der Waals surface area contributed by atoms with E-state index in [1.165, 1.54) is 36.0 Å². The second-order valence-corrected chi connectivity index (χ2v) is 8.46. The van der Waals surface area contributed by atoms with Crippen LogP contribution in [-0.4, -0.2) is 11.0 Å². The van der Waals surface area contributed by atoms with Gasteiger partial charge in [-0.05, 0) is 80.9 Å². The number of hydrogen-bond acceptors (Lipinski definition) is 2. The number of phenolic OH excluding ortho intramolecular Hbond substituents is 1. The number of allylic oxidation sites excluding steroid dienone is 9. The average Bonchev–Trinajstić information content (AvgIpc) is 2.62. The third-order valence-corrected chi connectivity index (χ3v) is 5.27. The normalized spacial score (nSPS) is 18.0. The number of carbonyl (C=O) groups excluding carboxylic acids is 1.